The second-order valence-electron chi connectivity index (χ2n) is 4.49. The van der Waals surface area contributed by atoms with Crippen molar-refractivity contribution in [3.63, 3.8) is 0 Å². The van der Waals surface area contributed by atoms with Crippen LogP contribution in [0.25, 0.3) is 0 Å². The molecule has 2 rings (SSSR count). The van der Waals surface area contributed by atoms with Gasteiger partial charge in [-0.15, -0.1) is 0 Å². The second-order valence-corrected chi connectivity index (χ2v) is 5.35. The van der Waals surface area contributed by atoms with Crippen molar-refractivity contribution < 1.29 is 14.6 Å². The molecular weight excluding hydrogens is 320 g/mol. The Bertz CT molecular complexity index is 582. The summed E-state index contributed by atoms with van der Waals surface area (Å²) >= 11 is 3.50. The van der Waals surface area contributed by atoms with Crippen molar-refractivity contribution in [3.05, 3.63) is 58.1 Å². The molecule has 20 heavy (non-hydrogen) atoms. The Kier molecular flexibility index (Phi) is 5.04. The predicted octanol–water partition coefficient (Wildman–Crippen LogP) is 4.09. The molecule has 0 spiro atoms. The summed E-state index contributed by atoms with van der Waals surface area (Å²) < 4.78 is 11.9. The molecule has 0 aliphatic rings. The van der Waals surface area contributed by atoms with Crippen LogP contribution in [-0.2, 0) is 6.61 Å². The third-order valence-corrected chi connectivity index (χ3v) is 3.76. The van der Waals surface area contributed by atoms with Crippen molar-refractivity contribution >= 4 is 15.9 Å². The van der Waals surface area contributed by atoms with Gasteiger partial charge < -0.3 is 14.6 Å². The Balaban J connectivity index is 2.10. The fourth-order valence-electron chi connectivity index (χ4n) is 1.81. The minimum atomic E-state index is -0.498. The molecule has 2 aromatic rings. The summed E-state index contributed by atoms with van der Waals surface area (Å²) in [6.07, 6.45) is -0.498. The van der Waals surface area contributed by atoms with Gasteiger partial charge in [-0.3, -0.25) is 0 Å². The van der Waals surface area contributed by atoms with Gasteiger partial charge in [0, 0.05) is 10.0 Å². The van der Waals surface area contributed by atoms with Gasteiger partial charge in [-0.25, -0.2) is 0 Å². The van der Waals surface area contributed by atoms with E-state index in [4.69, 9.17) is 9.47 Å². The molecule has 0 saturated carbocycles. The lowest BCUT2D eigenvalue weighted by molar-refractivity contribution is 0.198. The zero-order valence-corrected chi connectivity index (χ0v) is 13.1. The van der Waals surface area contributed by atoms with Gasteiger partial charge in [0.05, 0.1) is 13.2 Å². The Morgan fingerprint density at radius 2 is 1.95 bits per heavy atom. The topological polar surface area (TPSA) is 38.7 Å². The fourth-order valence-corrected chi connectivity index (χ4v) is 2.18. The Morgan fingerprint density at radius 3 is 2.65 bits per heavy atom. The van der Waals surface area contributed by atoms with Crippen LogP contribution >= 0.6 is 15.9 Å². The zero-order valence-electron chi connectivity index (χ0n) is 11.5. The van der Waals surface area contributed by atoms with Crippen LogP contribution in [0.4, 0.5) is 0 Å². The molecule has 0 bridgehead atoms. The maximum atomic E-state index is 9.57. The van der Waals surface area contributed by atoms with E-state index in [1.165, 1.54) is 0 Å². The van der Waals surface area contributed by atoms with Crippen LogP contribution in [0.3, 0.4) is 0 Å². The molecule has 1 N–H and O–H groups in total. The average Bonchev–Trinajstić information content (AvgIpc) is 2.46. The fraction of sp³-hybridized carbons (Fsp3) is 0.250. The van der Waals surface area contributed by atoms with Crippen LogP contribution < -0.4 is 9.47 Å². The van der Waals surface area contributed by atoms with Crippen LogP contribution in [0.2, 0.25) is 0 Å². The quantitative estimate of drug-likeness (QED) is 0.893. The molecule has 0 aliphatic heterocycles. The monoisotopic (exact) mass is 336 g/mol. The molecule has 1 atom stereocenters. The molecule has 0 heterocycles. The number of benzene rings is 2. The van der Waals surface area contributed by atoms with E-state index in [-0.39, 0.29) is 0 Å². The minimum Gasteiger partial charge on any atom is -0.497 e. The van der Waals surface area contributed by atoms with Gasteiger partial charge in [-0.1, -0.05) is 28.1 Å². The largest absolute Gasteiger partial charge is 0.497 e. The van der Waals surface area contributed by atoms with Crippen molar-refractivity contribution in [1.82, 2.24) is 0 Å². The first kappa shape index (κ1) is 14.9. The van der Waals surface area contributed by atoms with Crippen molar-refractivity contribution in [2.75, 3.05) is 7.11 Å². The van der Waals surface area contributed by atoms with Gasteiger partial charge in [0.15, 0.2) is 0 Å². The molecule has 0 amide bonds. The van der Waals surface area contributed by atoms with Crippen LogP contribution in [-0.4, -0.2) is 12.2 Å². The van der Waals surface area contributed by atoms with Crippen LogP contribution in [0.5, 0.6) is 11.5 Å². The summed E-state index contributed by atoms with van der Waals surface area (Å²) in [5.74, 6) is 1.53. The van der Waals surface area contributed by atoms with E-state index in [1.807, 2.05) is 42.5 Å². The van der Waals surface area contributed by atoms with E-state index < -0.39 is 6.10 Å². The summed E-state index contributed by atoms with van der Waals surface area (Å²) in [7, 11) is 1.64. The lowest BCUT2D eigenvalue weighted by Crippen LogP contribution is -1.98. The number of hydrogen-bond donors (Lipinski definition) is 1. The first-order chi connectivity index (χ1) is 9.60. The van der Waals surface area contributed by atoms with Crippen molar-refractivity contribution in [3.8, 4) is 11.5 Å². The summed E-state index contributed by atoms with van der Waals surface area (Å²) in [6, 6.07) is 13.2. The van der Waals surface area contributed by atoms with E-state index in [0.29, 0.717) is 6.61 Å². The molecular formula is C16H17BrO3. The van der Waals surface area contributed by atoms with Crippen molar-refractivity contribution in [2.24, 2.45) is 0 Å². The molecule has 4 heteroatoms. The number of halogens is 1. The molecule has 0 aromatic heterocycles. The third kappa shape index (κ3) is 3.74. The summed E-state index contributed by atoms with van der Waals surface area (Å²) in [4.78, 5) is 0. The SMILES string of the molecule is COc1ccc(Br)c(COc2cccc([C@@H](C)O)c2)c1. The highest BCUT2D eigenvalue weighted by Crippen LogP contribution is 2.25. The molecule has 0 unspecified atom stereocenters. The molecule has 2 aromatic carbocycles. The number of methoxy groups -OCH3 is 1. The third-order valence-electron chi connectivity index (χ3n) is 2.99. The number of ether oxygens (including phenoxy) is 2. The van der Waals surface area contributed by atoms with Crippen LogP contribution in [0, 0.1) is 0 Å². The Hall–Kier alpha value is -1.52. The number of rotatable bonds is 5. The molecule has 0 fully saturated rings. The van der Waals surface area contributed by atoms with Crippen molar-refractivity contribution in [2.45, 2.75) is 19.6 Å². The first-order valence-corrected chi connectivity index (χ1v) is 7.12. The van der Waals surface area contributed by atoms with Gasteiger partial charge >= 0.3 is 0 Å². The molecule has 106 valence electrons. The minimum absolute atomic E-state index is 0.432. The maximum absolute atomic E-state index is 9.57. The van der Waals surface area contributed by atoms with E-state index in [0.717, 1.165) is 27.1 Å². The normalized spacial score (nSPS) is 12.0. The predicted molar refractivity (Wildman–Crippen MR) is 82.1 cm³/mol. The van der Waals surface area contributed by atoms with Gasteiger partial charge in [-0.05, 0) is 42.8 Å². The van der Waals surface area contributed by atoms with E-state index in [1.54, 1.807) is 14.0 Å². The summed E-state index contributed by atoms with van der Waals surface area (Å²) in [6.45, 7) is 2.17. The van der Waals surface area contributed by atoms with Gasteiger partial charge in [-0.2, -0.15) is 0 Å². The van der Waals surface area contributed by atoms with Crippen molar-refractivity contribution in [1.29, 1.82) is 0 Å². The van der Waals surface area contributed by atoms with Gasteiger partial charge in [0.25, 0.3) is 0 Å². The summed E-state index contributed by atoms with van der Waals surface area (Å²) in [5.41, 5.74) is 1.85. The highest BCUT2D eigenvalue weighted by molar-refractivity contribution is 9.10. The second kappa shape index (κ2) is 6.77. The lowest BCUT2D eigenvalue weighted by atomic mass is 10.1. The standard InChI is InChI=1S/C16H17BrO3/c1-11(18)12-4-3-5-15(8-12)20-10-13-9-14(19-2)6-7-16(13)17/h3-9,11,18H,10H2,1-2H3/t11-/m1/s1. The molecule has 3 nitrogen and oxygen atoms in total. The number of hydrogen-bond acceptors (Lipinski definition) is 3. The van der Waals surface area contributed by atoms with E-state index in [2.05, 4.69) is 15.9 Å². The number of aliphatic hydroxyl groups is 1. The molecule has 0 radical (unpaired) electrons. The molecule has 0 aliphatic carbocycles. The Labute approximate surface area is 127 Å². The lowest BCUT2D eigenvalue weighted by Gasteiger charge is -2.11. The first-order valence-electron chi connectivity index (χ1n) is 6.33. The van der Waals surface area contributed by atoms with Crippen LogP contribution in [0.1, 0.15) is 24.2 Å². The highest BCUT2D eigenvalue weighted by atomic mass is 79.9. The van der Waals surface area contributed by atoms with Gasteiger partial charge in [0.2, 0.25) is 0 Å². The highest BCUT2D eigenvalue weighted by Gasteiger charge is 2.05. The summed E-state index contributed by atoms with van der Waals surface area (Å²) in [5, 5.41) is 9.57. The van der Waals surface area contributed by atoms with E-state index in [9.17, 15) is 5.11 Å². The van der Waals surface area contributed by atoms with Crippen LogP contribution in [0.15, 0.2) is 46.9 Å². The Morgan fingerprint density at radius 1 is 1.15 bits per heavy atom. The number of aliphatic hydroxyl groups excluding tert-OH is 1. The average molecular weight is 337 g/mol. The smallest absolute Gasteiger partial charge is 0.120 e. The zero-order chi connectivity index (χ0) is 14.5. The van der Waals surface area contributed by atoms with Gasteiger partial charge in [0.1, 0.15) is 18.1 Å². The van der Waals surface area contributed by atoms with E-state index >= 15 is 0 Å². The molecule has 0 saturated heterocycles. The maximum Gasteiger partial charge on any atom is 0.120 e.